The van der Waals surface area contributed by atoms with Crippen LogP contribution in [0.3, 0.4) is 0 Å². The van der Waals surface area contributed by atoms with E-state index in [1.54, 1.807) is 6.92 Å². The maximum absolute atomic E-state index is 11.5. The highest BCUT2D eigenvalue weighted by Crippen LogP contribution is 2.08. The summed E-state index contributed by atoms with van der Waals surface area (Å²) in [5.74, 6) is 0.349. The zero-order valence-electron chi connectivity index (χ0n) is 11.7. The first kappa shape index (κ1) is 15.4. The minimum Gasteiger partial charge on any atom is -0.387 e. The third-order valence-corrected chi connectivity index (χ3v) is 2.93. The Morgan fingerprint density at radius 2 is 2.06 bits per heavy atom. The summed E-state index contributed by atoms with van der Waals surface area (Å²) < 4.78 is 5.26. The third kappa shape index (κ3) is 6.33. The molecule has 0 bridgehead atoms. The van der Waals surface area contributed by atoms with E-state index in [1.165, 1.54) is 0 Å². The van der Waals surface area contributed by atoms with E-state index in [2.05, 4.69) is 10.2 Å². The van der Waals surface area contributed by atoms with Crippen molar-refractivity contribution in [1.82, 2.24) is 10.2 Å². The smallest absolute Gasteiger partial charge is 0.220 e. The molecule has 1 rings (SSSR count). The van der Waals surface area contributed by atoms with E-state index in [-0.39, 0.29) is 5.91 Å². The van der Waals surface area contributed by atoms with Gasteiger partial charge in [0.25, 0.3) is 0 Å². The molecule has 0 unspecified atom stereocenters. The Balaban J connectivity index is 2.27. The van der Waals surface area contributed by atoms with Gasteiger partial charge in [0.05, 0.1) is 18.8 Å². The molecule has 5 heteroatoms. The molecule has 0 aliphatic carbocycles. The minimum atomic E-state index is -0.885. The van der Waals surface area contributed by atoms with E-state index < -0.39 is 5.60 Å². The van der Waals surface area contributed by atoms with E-state index in [4.69, 9.17) is 4.74 Å². The third-order valence-electron chi connectivity index (χ3n) is 2.93. The molecule has 1 fully saturated rings. The van der Waals surface area contributed by atoms with Gasteiger partial charge in [-0.05, 0) is 12.8 Å². The molecule has 5 nitrogen and oxygen atoms in total. The highest BCUT2D eigenvalue weighted by Gasteiger charge is 2.25. The van der Waals surface area contributed by atoms with Gasteiger partial charge in [-0.2, -0.15) is 0 Å². The van der Waals surface area contributed by atoms with Crippen molar-refractivity contribution in [2.24, 2.45) is 5.92 Å². The summed E-state index contributed by atoms with van der Waals surface area (Å²) in [6.45, 7) is 9.76. The first-order valence-electron chi connectivity index (χ1n) is 6.68. The standard InChI is InChI=1S/C13H26N2O3/c1-11(2)8-12(16)14-9-13(3,17)10-15-4-6-18-7-5-15/h11,17H,4-10H2,1-3H3,(H,14,16)/t13-/m0/s1. The molecular weight excluding hydrogens is 232 g/mol. The van der Waals surface area contributed by atoms with E-state index in [0.717, 1.165) is 26.3 Å². The Hall–Kier alpha value is -0.650. The largest absolute Gasteiger partial charge is 0.387 e. The number of hydrogen-bond donors (Lipinski definition) is 2. The second-order valence-electron chi connectivity index (χ2n) is 5.76. The number of β-amino-alcohol motifs (C(OH)–C–C–N with tert-alkyl or cyclic N) is 1. The molecule has 1 heterocycles. The highest BCUT2D eigenvalue weighted by atomic mass is 16.5. The number of hydrogen-bond acceptors (Lipinski definition) is 4. The number of nitrogens with one attached hydrogen (secondary N) is 1. The summed E-state index contributed by atoms with van der Waals surface area (Å²) in [5.41, 5.74) is -0.885. The molecule has 0 radical (unpaired) electrons. The summed E-state index contributed by atoms with van der Waals surface area (Å²) >= 11 is 0. The predicted molar refractivity (Wildman–Crippen MR) is 70.3 cm³/mol. The molecule has 1 amide bonds. The number of nitrogens with zero attached hydrogens (tertiary/aromatic N) is 1. The molecule has 18 heavy (non-hydrogen) atoms. The average Bonchev–Trinajstić information content (AvgIpc) is 2.26. The number of morpholine rings is 1. The van der Waals surface area contributed by atoms with Gasteiger partial charge in [-0.3, -0.25) is 9.69 Å². The second kappa shape index (κ2) is 7.07. The van der Waals surface area contributed by atoms with Gasteiger partial charge in [0.2, 0.25) is 5.91 Å². The summed E-state index contributed by atoms with van der Waals surface area (Å²) in [6.07, 6.45) is 0.508. The molecule has 1 aliphatic heterocycles. The van der Waals surface area contributed by atoms with Gasteiger partial charge in [-0.25, -0.2) is 0 Å². The fourth-order valence-electron chi connectivity index (χ4n) is 2.03. The number of rotatable bonds is 6. The topological polar surface area (TPSA) is 61.8 Å². The van der Waals surface area contributed by atoms with Crippen molar-refractivity contribution in [3.63, 3.8) is 0 Å². The molecule has 106 valence electrons. The summed E-state index contributed by atoms with van der Waals surface area (Å²) in [6, 6.07) is 0. The van der Waals surface area contributed by atoms with Crippen molar-refractivity contribution in [3.8, 4) is 0 Å². The number of amides is 1. The van der Waals surface area contributed by atoms with Crippen molar-refractivity contribution < 1.29 is 14.6 Å². The predicted octanol–water partition coefficient (Wildman–Crippen LogP) is 0.232. The quantitative estimate of drug-likeness (QED) is 0.716. The van der Waals surface area contributed by atoms with Crippen LogP contribution in [0, 0.1) is 5.92 Å². The first-order chi connectivity index (χ1) is 8.39. The van der Waals surface area contributed by atoms with Crippen LogP contribution in [0.25, 0.3) is 0 Å². The molecule has 2 N–H and O–H groups in total. The zero-order chi connectivity index (χ0) is 13.6. The van der Waals surface area contributed by atoms with E-state index >= 15 is 0 Å². The van der Waals surface area contributed by atoms with Crippen molar-refractivity contribution in [3.05, 3.63) is 0 Å². The number of aliphatic hydroxyl groups is 1. The van der Waals surface area contributed by atoms with E-state index in [9.17, 15) is 9.90 Å². The Kier molecular flexibility index (Phi) is 6.05. The molecule has 1 aliphatic rings. The Morgan fingerprint density at radius 3 is 2.61 bits per heavy atom. The van der Waals surface area contributed by atoms with Crippen LogP contribution in [0.4, 0.5) is 0 Å². The molecule has 0 aromatic heterocycles. The van der Waals surface area contributed by atoms with Crippen molar-refractivity contribution in [1.29, 1.82) is 0 Å². The lowest BCUT2D eigenvalue weighted by Gasteiger charge is -2.33. The summed E-state index contributed by atoms with van der Waals surface area (Å²) in [4.78, 5) is 13.7. The van der Waals surface area contributed by atoms with Gasteiger partial charge in [0.15, 0.2) is 0 Å². The molecule has 0 aromatic carbocycles. The average molecular weight is 258 g/mol. The number of carbonyl (C=O) groups excluding carboxylic acids is 1. The van der Waals surface area contributed by atoms with E-state index in [1.807, 2.05) is 13.8 Å². The lowest BCUT2D eigenvalue weighted by Crippen LogP contribution is -2.51. The fourth-order valence-corrected chi connectivity index (χ4v) is 2.03. The number of ether oxygens (including phenoxy) is 1. The lowest BCUT2D eigenvalue weighted by atomic mass is 10.1. The molecule has 1 atom stereocenters. The summed E-state index contributed by atoms with van der Waals surface area (Å²) in [7, 11) is 0. The van der Waals surface area contributed by atoms with E-state index in [0.29, 0.717) is 25.4 Å². The first-order valence-corrected chi connectivity index (χ1v) is 6.68. The molecular formula is C13H26N2O3. The second-order valence-corrected chi connectivity index (χ2v) is 5.76. The van der Waals surface area contributed by atoms with Crippen LogP contribution >= 0.6 is 0 Å². The van der Waals surface area contributed by atoms with Gasteiger partial charge in [0, 0.05) is 32.6 Å². The molecule has 0 saturated carbocycles. The van der Waals surface area contributed by atoms with Crippen LogP contribution < -0.4 is 5.32 Å². The number of carbonyl (C=O) groups is 1. The van der Waals surface area contributed by atoms with Crippen molar-refractivity contribution >= 4 is 5.91 Å². The van der Waals surface area contributed by atoms with Crippen LogP contribution in [-0.4, -0.2) is 60.9 Å². The monoisotopic (exact) mass is 258 g/mol. The normalized spacial score (nSPS) is 20.7. The van der Waals surface area contributed by atoms with Crippen LogP contribution in [0.15, 0.2) is 0 Å². The Morgan fingerprint density at radius 1 is 1.44 bits per heavy atom. The molecule has 1 saturated heterocycles. The Bertz CT molecular complexity index is 261. The zero-order valence-corrected chi connectivity index (χ0v) is 11.7. The maximum Gasteiger partial charge on any atom is 0.220 e. The molecule has 0 spiro atoms. The minimum absolute atomic E-state index is 0.00672. The van der Waals surface area contributed by atoms with Gasteiger partial charge in [0.1, 0.15) is 0 Å². The highest BCUT2D eigenvalue weighted by molar-refractivity contribution is 5.76. The fraction of sp³-hybridized carbons (Fsp3) is 0.923. The van der Waals surface area contributed by atoms with Gasteiger partial charge >= 0.3 is 0 Å². The van der Waals surface area contributed by atoms with Crippen LogP contribution in [-0.2, 0) is 9.53 Å². The van der Waals surface area contributed by atoms with Crippen molar-refractivity contribution in [2.45, 2.75) is 32.8 Å². The Labute approximate surface area is 109 Å². The SMILES string of the molecule is CC(C)CC(=O)NC[C@](C)(O)CN1CCOCC1. The maximum atomic E-state index is 11.5. The summed E-state index contributed by atoms with van der Waals surface area (Å²) in [5, 5.41) is 13.0. The van der Waals surface area contributed by atoms with Gasteiger partial charge in [-0.1, -0.05) is 13.8 Å². The van der Waals surface area contributed by atoms with Crippen LogP contribution in [0.1, 0.15) is 27.2 Å². The van der Waals surface area contributed by atoms with Crippen LogP contribution in [0.2, 0.25) is 0 Å². The molecule has 0 aromatic rings. The van der Waals surface area contributed by atoms with Crippen LogP contribution in [0.5, 0.6) is 0 Å². The van der Waals surface area contributed by atoms with Gasteiger partial charge < -0.3 is 15.2 Å². The lowest BCUT2D eigenvalue weighted by molar-refractivity contribution is -0.123. The van der Waals surface area contributed by atoms with Gasteiger partial charge in [-0.15, -0.1) is 0 Å². The van der Waals surface area contributed by atoms with Crippen molar-refractivity contribution in [2.75, 3.05) is 39.4 Å².